The molecular formula is C21H30O4. The van der Waals surface area contributed by atoms with E-state index in [1.807, 2.05) is 0 Å². The molecule has 4 heteroatoms. The van der Waals surface area contributed by atoms with Gasteiger partial charge in [-0.15, -0.1) is 0 Å². The van der Waals surface area contributed by atoms with Gasteiger partial charge in [0.15, 0.2) is 11.5 Å². The van der Waals surface area contributed by atoms with Gasteiger partial charge in [-0.2, -0.15) is 0 Å². The number of phenolic OH excluding ortho intramolecular Hbond substituents is 2. The lowest BCUT2D eigenvalue weighted by atomic mass is 9.64. The van der Waals surface area contributed by atoms with Gasteiger partial charge < -0.3 is 20.4 Å². The lowest BCUT2D eigenvalue weighted by Crippen LogP contribution is -2.44. The Morgan fingerprint density at radius 1 is 0.800 bits per heavy atom. The summed E-state index contributed by atoms with van der Waals surface area (Å²) in [5, 5.41) is 40.8. The van der Waals surface area contributed by atoms with Gasteiger partial charge in [-0.05, 0) is 71.6 Å². The van der Waals surface area contributed by atoms with Crippen LogP contribution in [0.25, 0.3) is 0 Å². The van der Waals surface area contributed by atoms with Crippen molar-refractivity contribution in [2.45, 2.75) is 76.4 Å². The molecule has 2 saturated carbocycles. The van der Waals surface area contributed by atoms with Gasteiger partial charge in [0.25, 0.3) is 0 Å². The average molecular weight is 346 g/mol. The van der Waals surface area contributed by atoms with E-state index < -0.39 is 12.2 Å². The monoisotopic (exact) mass is 346 g/mol. The fraction of sp³-hybridized carbons (Fsp3) is 0.714. The molecule has 0 amide bonds. The van der Waals surface area contributed by atoms with Crippen LogP contribution >= 0.6 is 0 Å². The second kappa shape index (κ2) is 4.92. The van der Waals surface area contributed by atoms with E-state index in [9.17, 15) is 20.4 Å². The Morgan fingerprint density at radius 3 is 1.92 bits per heavy atom. The molecular weight excluding hydrogens is 316 g/mol. The van der Waals surface area contributed by atoms with Crippen LogP contribution in [0.4, 0.5) is 0 Å². The Labute approximate surface area is 149 Å². The third-order valence-electron chi connectivity index (χ3n) is 7.54. The first-order chi connectivity index (χ1) is 11.5. The molecule has 4 N–H and O–H groups in total. The summed E-state index contributed by atoms with van der Waals surface area (Å²) in [7, 11) is 0. The molecule has 0 saturated heterocycles. The summed E-state index contributed by atoms with van der Waals surface area (Å²) < 4.78 is 0. The molecule has 0 aromatic heterocycles. The van der Waals surface area contributed by atoms with E-state index in [1.165, 1.54) is 0 Å². The zero-order valence-electron chi connectivity index (χ0n) is 15.6. The summed E-state index contributed by atoms with van der Waals surface area (Å²) in [5.74, 6) is 0.513. The molecule has 1 aromatic carbocycles. The van der Waals surface area contributed by atoms with Crippen LogP contribution in [0.3, 0.4) is 0 Å². The smallest absolute Gasteiger partial charge is 0.157 e. The molecule has 25 heavy (non-hydrogen) atoms. The molecule has 4 rings (SSSR count). The molecule has 1 spiro atoms. The molecule has 0 bridgehead atoms. The Balaban J connectivity index is 1.90. The molecule has 0 radical (unpaired) electrons. The maximum absolute atomic E-state index is 10.4. The predicted octanol–water partition coefficient (Wildman–Crippen LogP) is 3.19. The molecule has 1 aromatic rings. The van der Waals surface area contributed by atoms with Crippen molar-refractivity contribution in [3.63, 3.8) is 0 Å². The fourth-order valence-electron chi connectivity index (χ4n) is 6.73. The normalized spacial score (nSPS) is 40.9. The number of hydrogen-bond acceptors (Lipinski definition) is 4. The molecule has 138 valence electrons. The summed E-state index contributed by atoms with van der Waals surface area (Å²) in [5.41, 5.74) is 2.11. The van der Waals surface area contributed by atoms with E-state index in [1.54, 1.807) is 12.1 Å². The maximum atomic E-state index is 10.4. The topological polar surface area (TPSA) is 80.9 Å². The second-order valence-electron chi connectivity index (χ2n) is 10.1. The molecule has 5 atom stereocenters. The number of fused-ring (bicyclic) bond motifs is 4. The standard InChI is InChI=1S/C21H30O4/c1-19(2)9-21(13-7-17(24)15(22)5-11(13)19)10-20(3,4)12-6-16(23)18(25)8-14(12)21/h5,7,12,14,16,18,22-25H,6,8-10H2,1-4H3/t12?,14?,16-,18+,21-/m0/s1. The minimum absolute atomic E-state index is 0.0585. The van der Waals surface area contributed by atoms with E-state index in [-0.39, 0.29) is 33.7 Å². The van der Waals surface area contributed by atoms with Gasteiger partial charge in [0.05, 0.1) is 12.2 Å². The van der Waals surface area contributed by atoms with Gasteiger partial charge in [0.2, 0.25) is 0 Å². The zero-order valence-corrected chi connectivity index (χ0v) is 15.6. The summed E-state index contributed by atoms with van der Waals surface area (Å²) in [6.07, 6.45) is 1.86. The summed E-state index contributed by atoms with van der Waals surface area (Å²) >= 11 is 0. The third-order valence-corrected chi connectivity index (χ3v) is 7.54. The van der Waals surface area contributed by atoms with E-state index in [0.29, 0.717) is 18.8 Å². The van der Waals surface area contributed by atoms with Gasteiger partial charge in [0.1, 0.15) is 0 Å². The Hall–Kier alpha value is -1.26. The first-order valence-corrected chi connectivity index (χ1v) is 9.41. The molecule has 2 fully saturated rings. The minimum Gasteiger partial charge on any atom is -0.504 e. The number of aliphatic hydroxyl groups is 2. The number of hydrogen-bond donors (Lipinski definition) is 4. The summed E-state index contributed by atoms with van der Waals surface area (Å²) in [6.45, 7) is 8.95. The Morgan fingerprint density at radius 2 is 1.32 bits per heavy atom. The van der Waals surface area contributed by atoms with Gasteiger partial charge in [0, 0.05) is 5.41 Å². The van der Waals surface area contributed by atoms with E-state index in [0.717, 1.165) is 24.0 Å². The molecule has 3 aliphatic carbocycles. The molecule has 0 aliphatic heterocycles. The lowest BCUT2D eigenvalue weighted by molar-refractivity contribution is -0.0628. The SMILES string of the molecule is CC1(C)C[C@]2(CC(C)(C)C3C[C@H](O)[C@H](O)CC32)c2cc(O)c(O)cc21. The number of phenols is 2. The number of benzene rings is 1. The fourth-order valence-corrected chi connectivity index (χ4v) is 6.73. The highest BCUT2D eigenvalue weighted by molar-refractivity contribution is 5.55. The third kappa shape index (κ3) is 2.20. The lowest BCUT2D eigenvalue weighted by Gasteiger charge is -2.43. The van der Waals surface area contributed by atoms with Crippen molar-refractivity contribution in [3.8, 4) is 11.5 Å². The highest BCUT2D eigenvalue weighted by atomic mass is 16.3. The van der Waals surface area contributed by atoms with E-state index in [4.69, 9.17) is 0 Å². The van der Waals surface area contributed by atoms with Crippen LogP contribution in [0.15, 0.2) is 12.1 Å². The van der Waals surface area contributed by atoms with Gasteiger partial charge in [-0.3, -0.25) is 0 Å². The van der Waals surface area contributed by atoms with E-state index in [2.05, 4.69) is 27.7 Å². The summed E-state index contributed by atoms with van der Waals surface area (Å²) in [4.78, 5) is 0. The van der Waals surface area contributed by atoms with Crippen molar-refractivity contribution < 1.29 is 20.4 Å². The van der Waals surface area contributed by atoms with Crippen molar-refractivity contribution in [3.05, 3.63) is 23.3 Å². The first kappa shape index (κ1) is 17.2. The van der Waals surface area contributed by atoms with Crippen LogP contribution in [-0.2, 0) is 10.8 Å². The largest absolute Gasteiger partial charge is 0.504 e. The van der Waals surface area contributed by atoms with Crippen LogP contribution in [-0.4, -0.2) is 32.6 Å². The van der Waals surface area contributed by atoms with Gasteiger partial charge in [-0.1, -0.05) is 27.7 Å². The van der Waals surface area contributed by atoms with Crippen LogP contribution in [0.5, 0.6) is 11.5 Å². The molecule has 2 unspecified atom stereocenters. The first-order valence-electron chi connectivity index (χ1n) is 9.41. The van der Waals surface area contributed by atoms with Crippen molar-refractivity contribution in [1.82, 2.24) is 0 Å². The minimum atomic E-state index is -0.676. The average Bonchev–Trinajstić information content (AvgIpc) is 2.82. The predicted molar refractivity (Wildman–Crippen MR) is 95.7 cm³/mol. The van der Waals surface area contributed by atoms with Crippen LogP contribution in [0, 0.1) is 17.3 Å². The maximum Gasteiger partial charge on any atom is 0.157 e. The quantitative estimate of drug-likeness (QED) is 0.544. The second-order valence-corrected chi connectivity index (χ2v) is 10.1. The highest BCUT2D eigenvalue weighted by Crippen LogP contribution is 2.69. The van der Waals surface area contributed by atoms with Crippen molar-refractivity contribution >= 4 is 0 Å². The van der Waals surface area contributed by atoms with Crippen LogP contribution in [0.1, 0.15) is 64.5 Å². The van der Waals surface area contributed by atoms with Crippen LogP contribution < -0.4 is 0 Å². The van der Waals surface area contributed by atoms with Crippen LogP contribution in [0.2, 0.25) is 0 Å². The number of aromatic hydroxyl groups is 2. The number of rotatable bonds is 0. The van der Waals surface area contributed by atoms with Crippen molar-refractivity contribution in [2.24, 2.45) is 17.3 Å². The highest BCUT2D eigenvalue weighted by Gasteiger charge is 2.64. The van der Waals surface area contributed by atoms with Crippen molar-refractivity contribution in [2.75, 3.05) is 0 Å². The summed E-state index contributed by atoms with van der Waals surface area (Å²) in [6, 6.07) is 3.49. The van der Waals surface area contributed by atoms with Crippen molar-refractivity contribution in [1.29, 1.82) is 0 Å². The molecule has 0 heterocycles. The zero-order chi connectivity index (χ0) is 18.4. The molecule has 3 aliphatic rings. The molecule has 4 nitrogen and oxygen atoms in total. The Kier molecular flexibility index (Phi) is 3.38. The van der Waals surface area contributed by atoms with Gasteiger partial charge >= 0.3 is 0 Å². The number of aliphatic hydroxyl groups excluding tert-OH is 2. The van der Waals surface area contributed by atoms with E-state index >= 15 is 0 Å². The van der Waals surface area contributed by atoms with Gasteiger partial charge in [-0.25, -0.2) is 0 Å². The Bertz CT molecular complexity index is 723.